The first-order valence-electron chi connectivity index (χ1n) is 6.67. The summed E-state index contributed by atoms with van der Waals surface area (Å²) in [6, 6.07) is 0.261. The molecule has 0 fully saturated rings. The van der Waals surface area contributed by atoms with Crippen LogP contribution in [0, 0.1) is 0 Å². The maximum atomic E-state index is 13.4. The number of amides is 1. The molecule has 0 N–H and O–H groups in total. The third-order valence-corrected chi connectivity index (χ3v) is 3.42. The Balaban J connectivity index is 5.26. The average molecular weight is 359 g/mol. The van der Waals surface area contributed by atoms with E-state index >= 15 is 0 Å². The van der Waals surface area contributed by atoms with Gasteiger partial charge in [-0.2, -0.15) is 0 Å². The second-order valence-electron chi connectivity index (χ2n) is 4.91. The van der Waals surface area contributed by atoms with Crippen LogP contribution >= 0.6 is 15.9 Å². The quantitative estimate of drug-likeness (QED) is 0.507. The highest BCUT2D eigenvalue weighted by Gasteiger charge is 2.14. The van der Waals surface area contributed by atoms with Crippen molar-refractivity contribution in [2.75, 3.05) is 20.6 Å². The maximum Gasteiger partial charge on any atom is 0.224 e. The van der Waals surface area contributed by atoms with Crippen LogP contribution in [0.1, 0.15) is 20.8 Å². The number of hydrogen-bond donors (Lipinski definition) is 0. The third kappa shape index (κ3) is 7.39. The van der Waals surface area contributed by atoms with Gasteiger partial charge in [0.25, 0.3) is 0 Å². The van der Waals surface area contributed by atoms with Gasteiger partial charge in [-0.05, 0) is 40.1 Å². The standard InChI is InChI=1S/C16H24BrFN2O/c1-7-15(18)11-16(13(3)17)20(14(4)21)10-8-9-12(2)19(5)6/h7-9,11-12H,1,10H2,2-6H3/b9-8+,15-11+,16-13-. The van der Waals surface area contributed by atoms with Crippen LogP contribution in [-0.2, 0) is 4.79 Å². The zero-order valence-corrected chi connectivity index (χ0v) is 14.9. The summed E-state index contributed by atoms with van der Waals surface area (Å²) in [5.74, 6) is -0.639. The molecule has 0 aromatic heterocycles. The monoisotopic (exact) mass is 358 g/mol. The largest absolute Gasteiger partial charge is 0.308 e. The summed E-state index contributed by atoms with van der Waals surface area (Å²) < 4.78 is 14.1. The number of carbonyl (C=O) groups is 1. The van der Waals surface area contributed by atoms with Gasteiger partial charge in [-0.25, -0.2) is 4.39 Å². The van der Waals surface area contributed by atoms with E-state index in [4.69, 9.17) is 0 Å². The summed E-state index contributed by atoms with van der Waals surface area (Å²) in [5.41, 5.74) is 0.488. The number of halogens is 2. The molecule has 1 amide bonds. The molecule has 3 nitrogen and oxygen atoms in total. The summed E-state index contributed by atoms with van der Waals surface area (Å²) in [5, 5.41) is 0. The molecular formula is C16H24BrFN2O. The van der Waals surface area contributed by atoms with E-state index in [2.05, 4.69) is 34.3 Å². The highest BCUT2D eigenvalue weighted by atomic mass is 79.9. The van der Waals surface area contributed by atoms with Crippen molar-refractivity contribution in [2.45, 2.75) is 26.8 Å². The predicted molar refractivity (Wildman–Crippen MR) is 90.7 cm³/mol. The normalized spacial score (nSPS) is 15.1. The third-order valence-electron chi connectivity index (χ3n) is 3.01. The van der Waals surface area contributed by atoms with Crippen molar-refractivity contribution in [3.05, 3.63) is 46.9 Å². The van der Waals surface area contributed by atoms with Crippen molar-refractivity contribution < 1.29 is 9.18 Å². The minimum Gasteiger partial charge on any atom is -0.308 e. The van der Waals surface area contributed by atoms with Crippen LogP contribution in [-0.4, -0.2) is 42.4 Å². The Morgan fingerprint density at radius 1 is 1.38 bits per heavy atom. The number of rotatable bonds is 7. The van der Waals surface area contributed by atoms with Crippen molar-refractivity contribution in [3.63, 3.8) is 0 Å². The highest BCUT2D eigenvalue weighted by molar-refractivity contribution is 9.11. The van der Waals surface area contributed by atoms with Crippen LogP contribution in [0.15, 0.2) is 46.9 Å². The van der Waals surface area contributed by atoms with Crippen LogP contribution in [0.4, 0.5) is 4.39 Å². The summed E-state index contributed by atoms with van der Waals surface area (Å²) in [7, 11) is 3.96. The van der Waals surface area contributed by atoms with Gasteiger partial charge < -0.3 is 9.80 Å². The molecule has 0 saturated carbocycles. The van der Waals surface area contributed by atoms with Crippen molar-refractivity contribution in [1.82, 2.24) is 9.80 Å². The first kappa shape index (κ1) is 19.8. The summed E-state index contributed by atoms with van der Waals surface area (Å²) in [4.78, 5) is 15.4. The molecule has 0 aromatic carbocycles. The van der Waals surface area contributed by atoms with Gasteiger partial charge in [-0.3, -0.25) is 4.79 Å². The zero-order chi connectivity index (χ0) is 16.6. The minimum absolute atomic E-state index is 0.154. The second-order valence-corrected chi connectivity index (χ2v) is 6.10. The second kappa shape index (κ2) is 9.68. The van der Waals surface area contributed by atoms with E-state index in [0.717, 1.165) is 6.08 Å². The zero-order valence-electron chi connectivity index (χ0n) is 13.4. The molecule has 1 atom stereocenters. The number of nitrogens with zero attached hydrogens (tertiary/aromatic N) is 2. The van der Waals surface area contributed by atoms with E-state index < -0.39 is 5.83 Å². The molecule has 0 aliphatic heterocycles. The Hall–Kier alpha value is -1.20. The summed E-state index contributed by atoms with van der Waals surface area (Å²) >= 11 is 3.32. The topological polar surface area (TPSA) is 23.6 Å². The summed E-state index contributed by atoms with van der Waals surface area (Å²) in [6.45, 7) is 9.04. The molecule has 5 heteroatoms. The van der Waals surface area contributed by atoms with Gasteiger partial charge in [0.15, 0.2) is 0 Å². The number of likely N-dealkylation sites (N-methyl/N-ethyl adjacent to an activating group) is 1. The van der Waals surface area contributed by atoms with Crippen LogP contribution < -0.4 is 0 Å². The smallest absolute Gasteiger partial charge is 0.224 e. The van der Waals surface area contributed by atoms with Gasteiger partial charge >= 0.3 is 0 Å². The molecular weight excluding hydrogens is 335 g/mol. The minimum atomic E-state index is -0.485. The first-order chi connectivity index (χ1) is 9.70. The number of allylic oxidation sites excluding steroid dienone is 4. The molecule has 21 heavy (non-hydrogen) atoms. The molecule has 0 saturated heterocycles. The van der Waals surface area contributed by atoms with Gasteiger partial charge in [-0.15, -0.1) is 0 Å². The molecule has 0 spiro atoms. The van der Waals surface area contributed by atoms with E-state index in [9.17, 15) is 9.18 Å². The number of carbonyl (C=O) groups excluding carboxylic acids is 1. The lowest BCUT2D eigenvalue weighted by molar-refractivity contribution is -0.126. The molecule has 0 aromatic rings. The highest BCUT2D eigenvalue weighted by Crippen LogP contribution is 2.20. The SMILES string of the molecule is C=C/C(F)=C\C(=C(/C)Br)N(C/C=C/C(C)N(C)C)C(C)=O. The molecule has 0 bridgehead atoms. The molecule has 1 unspecified atom stereocenters. The Morgan fingerprint density at radius 2 is 1.95 bits per heavy atom. The Bertz CT molecular complexity index is 463. The van der Waals surface area contributed by atoms with Crippen LogP contribution in [0.25, 0.3) is 0 Å². The first-order valence-corrected chi connectivity index (χ1v) is 7.47. The Morgan fingerprint density at radius 3 is 2.33 bits per heavy atom. The van der Waals surface area contributed by atoms with Gasteiger partial charge in [0, 0.05) is 24.0 Å². The van der Waals surface area contributed by atoms with E-state index in [1.54, 1.807) is 6.92 Å². The lowest BCUT2D eigenvalue weighted by Crippen LogP contribution is -2.29. The van der Waals surface area contributed by atoms with E-state index in [-0.39, 0.29) is 11.9 Å². The fourth-order valence-corrected chi connectivity index (χ4v) is 1.81. The Labute approximate surface area is 135 Å². The van der Waals surface area contributed by atoms with Crippen molar-refractivity contribution in [1.29, 1.82) is 0 Å². The van der Waals surface area contributed by atoms with E-state index in [1.807, 2.05) is 26.2 Å². The van der Waals surface area contributed by atoms with E-state index in [0.29, 0.717) is 16.7 Å². The lowest BCUT2D eigenvalue weighted by Gasteiger charge is -2.22. The van der Waals surface area contributed by atoms with Gasteiger partial charge in [-0.1, -0.05) is 34.7 Å². The van der Waals surface area contributed by atoms with Gasteiger partial charge in [0.1, 0.15) is 5.83 Å². The van der Waals surface area contributed by atoms with Crippen molar-refractivity contribution >= 4 is 21.8 Å². The average Bonchev–Trinajstić information content (AvgIpc) is 2.40. The van der Waals surface area contributed by atoms with Crippen LogP contribution in [0.2, 0.25) is 0 Å². The molecule has 0 rings (SSSR count). The maximum absolute atomic E-state index is 13.4. The van der Waals surface area contributed by atoms with Crippen molar-refractivity contribution in [3.8, 4) is 0 Å². The predicted octanol–water partition coefficient (Wildman–Crippen LogP) is 4.01. The van der Waals surface area contributed by atoms with Crippen LogP contribution in [0.5, 0.6) is 0 Å². The van der Waals surface area contributed by atoms with E-state index in [1.165, 1.54) is 17.9 Å². The fourth-order valence-electron chi connectivity index (χ4n) is 1.48. The summed E-state index contributed by atoms with van der Waals surface area (Å²) in [6.07, 6.45) is 6.31. The molecule has 0 aliphatic rings. The molecule has 0 aliphatic carbocycles. The molecule has 0 radical (unpaired) electrons. The number of hydrogen-bond acceptors (Lipinski definition) is 2. The Kier molecular flexibility index (Phi) is 9.13. The fraction of sp³-hybridized carbons (Fsp3) is 0.438. The van der Waals surface area contributed by atoms with Crippen molar-refractivity contribution in [2.24, 2.45) is 0 Å². The van der Waals surface area contributed by atoms with Gasteiger partial charge in [0.2, 0.25) is 5.91 Å². The lowest BCUT2D eigenvalue weighted by atomic mass is 10.2. The molecule has 0 heterocycles. The van der Waals surface area contributed by atoms with Crippen LogP contribution in [0.3, 0.4) is 0 Å². The van der Waals surface area contributed by atoms with Gasteiger partial charge in [0.05, 0.1) is 5.70 Å². The molecule has 118 valence electrons.